The van der Waals surface area contributed by atoms with E-state index in [1.165, 1.54) is 30.4 Å². The molecule has 0 aliphatic heterocycles. The number of ether oxygens (including phenoxy) is 1. The van der Waals surface area contributed by atoms with Crippen LogP contribution in [0.4, 0.5) is 0 Å². The van der Waals surface area contributed by atoms with E-state index in [1.807, 2.05) is 0 Å². The second-order valence-corrected chi connectivity index (χ2v) is 9.39. The molecule has 1 N–H and O–H groups in total. The summed E-state index contributed by atoms with van der Waals surface area (Å²) in [6.07, 6.45) is 9.33. The van der Waals surface area contributed by atoms with Gasteiger partial charge in [-0.25, -0.2) is 0 Å². The third kappa shape index (κ3) is 2.54. The van der Waals surface area contributed by atoms with Crippen LogP contribution >= 0.6 is 0 Å². The molecule has 3 nitrogen and oxygen atoms in total. The highest BCUT2D eigenvalue weighted by Crippen LogP contribution is 2.60. The second-order valence-electron chi connectivity index (χ2n) is 9.39. The Kier molecular flexibility index (Phi) is 3.54. The summed E-state index contributed by atoms with van der Waals surface area (Å²) < 4.78 is 5.94. The number of hydrogen-bond acceptors (Lipinski definition) is 2. The van der Waals surface area contributed by atoms with Gasteiger partial charge in [-0.3, -0.25) is 4.79 Å². The highest BCUT2D eigenvalue weighted by Gasteiger charge is 2.54. The molecule has 3 heteroatoms. The molecular weight excluding hydrogens is 310 g/mol. The minimum Gasteiger partial charge on any atom is -0.376 e. The fraction of sp³-hybridized carbons (Fsp3) is 0.682. The van der Waals surface area contributed by atoms with Crippen LogP contribution in [0, 0.1) is 23.2 Å². The molecule has 4 saturated carbocycles. The van der Waals surface area contributed by atoms with Crippen LogP contribution in [0.5, 0.6) is 0 Å². The molecule has 0 unspecified atom stereocenters. The number of methoxy groups -OCH3 is 1. The van der Waals surface area contributed by atoms with Crippen LogP contribution in [0.1, 0.15) is 49.7 Å². The maximum Gasteiger partial charge on any atom is 0.226 e. The molecule has 5 aliphatic rings. The summed E-state index contributed by atoms with van der Waals surface area (Å²) in [5.74, 6) is 2.75. The normalized spacial score (nSPS) is 37.1. The number of nitrogens with one attached hydrogen (secondary N) is 1. The highest BCUT2D eigenvalue weighted by atomic mass is 16.5. The van der Waals surface area contributed by atoms with Crippen molar-refractivity contribution in [1.82, 2.24) is 5.32 Å². The lowest BCUT2D eigenvalue weighted by Crippen LogP contribution is -2.56. The quantitative estimate of drug-likeness (QED) is 0.912. The highest BCUT2D eigenvalue weighted by molar-refractivity contribution is 5.83. The van der Waals surface area contributed by atoms with Crippen LogP contribution in [0.3, 0.4) is 0 Å². The van der Waals surface area contributed by atoms with Crippen LogP contribution < -0.4 is 5.32 Å². The fourth-order valence-electron chi connectivity index (χ4n) is 6.82. The number of benzene rings is 1. The molecule has 0 radical (unpaired) electrons. The summed E-state index contributed by atoms with van der Waals surface area (Å²) in [5.41, 5.74) is 2.42. The molecule has 0 aromatic heterocycles. The molecular formula is C22H29NO2. The molecule has 0 atom stereocenters. The van der Waals surface area contributed by atoms with Crippen molar-refractivity contribution in [3.8, 4) is 0 Å². The number of rotatable bonds is 4. The lowest BCUT2D eigenvalue weighted by atomic mass is 9.49. The number of fused-ring (bicyclic) bond motifs is 1. The lowest BCUT2D eigenvalue weighted by Gasteiger charge is -2.55. The van der Waals surface area contributed by atoms with Gasteiger partial charge in [0.2, 0.25) is 5.91 Å². The van der Waals surface area contributed by atoms with Crippen LogP contribution in [0.25, 0.3) is 0 Å². The first-order valence-electron chi connectivity index (χ1n) is 10.0. The van der Waals surface area contributed by atoms with Crippen molar-refractivity contribution in [3.05, 3.63) is 35.4 Å². The van der Waals surface area contributed by atoms with Crippen molar-refractivity contribution < 1.29 is 9.53 Å². The van der Waals surface area contributed by atoms with Gasteiger partial charge in [0.1, 0.15) is 0 Å². The number of carbonyl (C=O) groups excluding carboxylic acids is 1. The van der Waals surface area contributed by atoms with Gasteiger partial charge < -0.3 is 10.1 Å². The first-order chi connectivity index (χ1) is 12.1. The molecule has 1 amide bonds. The van der Waals surface area contributed by atoms with E-state index in [-0.39, 0.29) is 11.0 Å². The first-order valence-corrected chi connectivity index (χ1v) is 10.0. The molecule has 1 aromatic carbocycles. The smallest absolute Gasteiger partial charge is 0.226 e. The Bertz CT molecular complexity index is 635. The minimum atomic E-state index is -0.262. The monoisotopic (exact) mass is 339 g/mol. The Morgan fingerprint density at radius 2 is 1.56 bits per heavy atom. The van der Waals surface area contributed by atoms with E-state index >= 15 is 0 Å². The van der Waals surface area contributed by atoms with Gasteiger partial charge in [0.05, 0.1) is 5.60 Å². The van der Waals surface area contributed by atoms with Gasteiger partial charge in [0, 0.05) is 31.9 Å². The summed E-state index contributed by atoms with van der Waals surface area (Å²) in [6.45, 7) is 0.638. The molecule has 0 spiro atoms. The topological polar surface area (TPSA) is 38.3 Å². The zero-order valence-electron chi connectivity index (χ0n) is 15.2. The van der Waals surface area contributed by atoms with Crippen molar-refractivity contribution in [3.63, 3.8) is 0 Å². The Hall–Kier alpha value is -1.35. The average molecular weight is 339 g/mol. The van der Waals surface area contributed by atoms with Crippen LogP contribution in [-0.2, 0) is 22.4 Å². The van der Waals surface area contributed by atoms with Crippen LogP contribution in [0.15, 0.2) is 24.3 Å². The zero-order valence-corrected chi connectivity index (χ0v) is 15.2. The first kappa shape index (κ1) is 15.9. The van der Waals surface area contributed by atoms with Crippen LogP contribution in [-0.4, -0.2) is 25.2 Å². The van der Waals surface area contributed by atoms with E-state index in [9.17, 15) is 4.79 Å². The van der Waals surface area contributed by atoms with Crippen molar-refractivity contribution in [1.29, 1.82) is 0 Å². The third-order valence-electron chi connectivity index (χ3n) is 7.67. The number of carbonyl (C=O) groups is 1. The number of amides is 1. The summed E-state index contributed by atoms with van der Waals surface area (Å²) >= 11 is 0. The van der Waals surface area contributed by atoms with Gasteiger partial charge >= 0.3 is 0 Å². The average Bonchev–Trinajstić information content (AvgIpc) is 2.97. The van der Waals surface area contributed by atoms with Gasteiger partial charge in [0.15, 0.2) is 0 Å². The molecule has 25 heavy (non-hydrogen) atoms. The van der Waals surface area contributed by atoms with Crippen molar-refractivity contribution in [2.24, 2.45) is 23.2 Å². The second kappa shape index (κ2) is 5.57. The molecule has 5 aliphatic carbocycles. The molecule has 4 bridgehead atoms. The Morgan fingerprint density at radius 3 is 2.04 bits per heavy atom. The Labute approximate surface area is 150 Å². The minimum absolute atomic E-state index is 0.0604. The van der Waals surface area contributed by atoms with Gasteiger partial charge in [0.25, 0.3) is 0 Å². The summed E-state index contributed by atoms with van der Waals surface area (Å²) in [7, 11) is 1.79. The van der Waals surface area contributed by atoms with Crippen molar-refractivity contribution in [2.75, 3.05) is 13.7 Å². The van der Waals surface area contributed by atoms with Crippen LogP contribution in [0.2, 0.25) is 0 Å². The Balaban J connectivity index is 1.29. The molecule has 4 fully saturated rings. The van der Waals surface area contributed by atoms with Crippen molar-refractivity contribution in [2.45, 2.75) is 57.0 Å². The summed E-state index contributed by atoms with van der Waals surface area (Å²) in [4.78, 5) is 13.2. The fourth-order valence-corrected chi connectivity index (χ4v) is 6.82. The zero-order chi connectivity index (χ0) is 17.1. The number of hydrogen-bond donors (Lipinski definition) is 1. The lowest BCUT2D eigenvalue weighted by molar-refractivity contribution is -0.147. The van der Waals surface area contributed by atoms with Gasteiger partial charge in [-0.1, -0.05) is 24.3 Å². The van der Waals surface area contributed by atoms with Gasteiger partial charge in [-0.15, -0.1) is 0 Å². The van der Waals surface area contributed by atoms with Gasteiger partial charge in [-0.05, 0) is 67.4 Å². The molecule has 134 valence electrons. The van der Waals surface area contributed by atoms with E-state index in [0.717, 1.165) is 49.9 Å². The predicted molar refractivity (Wildman–Crippen MR) is 97.2 cm³/mol. The molecule has 0 saturated heterocycles. The van der Waals surface area contributed by atoms with E-state index in [4.69, 9.17) is 4.74 Å². The van der Waals surface area contributed by atoms with E-state index in [2.05, 4.69) is 29.6 Å². The predicted octanol–water partition coefficient (Wildman–Crippen LogP) is 3.50. The van der Waals surface area contributed by atoms with Crippen molar-refractivity contribution >= 4 is 5.91 Å². The molecule has 0 heterocycles. The SMILES string of the molecule is COC1(CNC(=O)C23CC4CC(CC(C4)C2)C3)Cc2ccccc2C1. The van der Waals surface area contributed by atoms with E-state index in [1.54, 1.807) is 7.11 Å². The summed E-state index contributed by atoms with van der Waals surface area (Å²) in [6, 6.07) is 8.57. The maximum atomic E-state index is 13.2. The van der Waals surface area contributed by atoms with E-state index in [0.29, 0.717) is 12.5 Å². The largest absolute Gasteiger partial charge is 0.376 e. The third-order valence-corrected chi connectivity index (χ3v) is 7.67. The summed E-state index contributed by atoms with van der Waals surface area (Å²) in [5, 5.41) is 3.34. The Morgan fingerprint density at radius 1 is 1.04 bits per heavy atom. The molecule has 1 aromatic rings. The maximum absolute atomic E-state index is 13.2. The standard InChI is InChI=1S/C22H29NO2/c1-25-22(12-18-4-2-3-5-19(18)13-22)14-23-20(24)21-9-15-6-16(10-21)8-17(7-15)11-21/h2-5,15-17H,6-14H2,1H3,(H,23,24). The molecule has 6 rings (SSSR count). The van der Waals surface area contributed by atoms with Gasteiger partial charge in [-0.2, -0.15) is 0 Å². The van der Waals surface area contributed by atoms with E-state index < -0.39 is 0 Å².